The first-order chi connectivity index (χ1) is 16.5. The molecule has 2 amide bonds. The van der Waals surface area contributed by atoms with E-state index >= 15 is 0 Å². The van der Waals surface area contributed by atoms with Crippen molar-refractivity contribution in [1.29, 1.82) is 0 Å². The van der Waals surface area contributed by atoms with Crippen molar-refractivity contribution >= 4 is 18.0 Å². The van der Waals surface area contributed by atoms with Gasteiger partial charge in [0.15, 0.2) is 0 Å². The molecule has 34 heavy (non-hydrogen) atoms. The van der Waals surface area contributed by atoms with Crippen LogP contribution in [0.25, 0.3) is 11.1 Å². The third-order valence-corrected chi connectivity index (χ3v) is 6.80. The van der Waals surface area contributed by atoms with Crippen LogP contribution in [0.3, 0.4) is 0 Å². The van der Waals surface area contributed by atoms with Crippen molar-refractivity contribution in [3.63, 3.8) is 0 Å². The lowest BCUT2D eigenvalue weighted by Crippen LogP contribution is -2.39. The molecule has 0 aliphatic heterocycles. The normalized spacial score (nSPS) is 24.5. The van der Waals surface area contributed by atoms with Crippen molar-refractivity contribution in [3.8, 4) is 11.1 Å². The Balaban J connectivity index is 1.11. The van der Waals surface area contributed by atoms with Crippen LogP contribution >= 0.6 is 0 Å². The second-order valence-corrected chi connectivity index (χ2v) is 8.98. The summed E-state index contributed by atoms with van der Waals surface area (Å²) in [7, 11) is 0. The zero-order chi connectivity index (χ0) is 23.7. The van der Waals surface area contributed by atoms with E-state index in [4.69, 9.17) is 9.84 Å². The molecule has 3 aliphatic rings. The molecule has 0 bridgehead atoms. The molecular weight excluding hydrogens is 432 g/mol. The van der Waals surface area contributed by atoms with Crippen molar-refractivity contribution in [2.24, 2.45) is 11.8 Å². The minimum atomic E-state index is -0.888. The highest BCUT2D eigenvalue weighted by atomic mass is 16.5. The van der Waals surface area contributed by atoms with E-state index < -0.39 is 18.0 Å². The first-order valence-corrected chi connectivity index (χ1v) is 11.5. The number of carboxylic acid groups (broad SMARTS) is 1. The highest BCUT2D eigenvalue weighted by Gasteiger charge is 2.32. The number of hydrogen-bond acceptors (Lipinski definition) is 4. The summed E-state index contributed by atoms with van der Waals surface area (Å²) in [5, 5.41) is 14.8. The lowest BCUT2D eigenvalue weighted by atomic mass is 9.98. The number of amides is 2. The number of rotatable bonds is 6. The van der Waals surface area contributed by atoms with Crippen molar-refractivity contribution in [1.82, 2.24) is 10.6 Å². The molecule has 3 N–H and O–H groups in total. The van der Waals surface area contributed by atoms with Gasteiger partial charge in [-0.05, 0) is 35.1 Å². The average molecular weight is 459 g/mol. The van der Waals surface area contributed by atoms with E-state index in [9.17, 15) is 14.4 Å². The van der Waals surface area contributed by atoms with Crippen molar-refractivity contribution < 1.29 is 24.2 Å². The van der Waals surface area contributed by atoms with Gasteiger partial charge in [-0.1, -0.05) is 72.8 Å². The smallest absolute Gasteiger partial charge is 0.407 e. The molecule has 2 aromatic carbocycles. The monoisotopic (exact) mass is 458 g/mol. The van der Waals surface area contributed by atoms with Crippen LogP contribution in [-0.4, -0.2) is 41.8 Å². The molecule has 0 spiro atoms. The molecule has 4 atom stereocenters. The maximum atomic E-state index is 12.6. The fourth-order valence-corrected chi connectivity index (χ4v) is 5.07. The predicted molar refractivity (Wildman–Crippen MR) is 126 cm³/mol. The number of carboxylic acids is 1. The predicted octanol–water partition coefficient (Wildman–Crippen LogP) is 3.62. The quantitative estimate of drug-likeness (QED) is 0.574. The Morgan fingerprint density at radius 3 is 1.97 bits per heavy atom. The van der Waals surface area contributed by atoms with Gasteiger partial charge in [0.25, 0.3) is 0 Å². The molecule has 7 nitrogen and oxygen atoms in total. The Bertz CT molecular complexity index is 1140. The highest BCUT2D eigenvalue weighted by Crippen LogP contribution is 2.44. The van der Waals surface area contributed by atoms with E-state index in [0.717, 1.165) is 11.1 Å². The van der Waals surface area contributed by atoms with Gasteiger partial charge in [0.2, 0.25) is 5.91 Å². The van der Waals surface area contributed by atoms with Crippen LogP contribution in [0.15, 0.2) is 72.8 Å². The molecular formula is C27H26N2O5. The van der Waals surface area contributed by atoms with Crippen molar-refractivity contribution in [2.75, 3.05) is 6.61 Å². The highest BCUT2D eigenvalue weighted by molar-refractivity contribution is 5.82. The standard InChI is InChI=1S/C27H26N2O5/c30-25(28-18-12-10-17(14-18)26(31)32)16-9-11-19(13-16)29-27(33)34-15-24-22-7-3-1-5-20(22)21-6-2-4-8-23(21)24/h1-12,16-19,24H,13-15H2,(H,28,30)(H,29,33)(H,31,32). The maximum absolute atomic E-state index is 12.6. The molecule has 0 fully saturated rings. The van der Waals surface area contributed by atoms with Gasteiger partial charge in [0.05, 0.1) is 17.9 Å². The minimum absolute atomic E-state index is 0.00936. The van der Waals surface area contributed by atoms with Crippen LogP contribution in [0.2, 0.25) is 0 Å². The van der Waals surface area contributed by atoms with Crippen LogP contribution in [0, 0.1) is 11.8 Å². The summed E-state index contributed by atoms with van der Waals surface area (Å²) < 4.78 is 5.59. The summed E-state index contributed by atoms with van der Waals surface area (Å²) >= 11 is 0. The van der Waals surface area contributed by atoms with Crippen LogP contribution in [0.1, 0.15) is 29.9 Å². The van der Waals surface area contributed by atoms with Gasteiger partial charge in [-0.15, -0.1) is 0 Å². The van der Waals surface area contributed by atoms with Crippen LogP contribution in [-0.2, 0) is 14.3 Å². The number of carbonyl (C=O) groups is 3. The summed E-state index contributed by atoms with van der Waals surface area (Å²) in [5.41, 5.74) is 4.65. The zero-order valence-electron chi connectivity index (χ0n) is 18.5. The van der Waals surface area contributed by atoms with Gasteiger partial charge in [-0.3, -0.25) is 9.59 Å². The van der Waals surface area contributed by atoms with E-state index in [-0.39, 0.29) is 36.4 Å². The molecule has 7 heteroatoms. The number of carbonyl (C=O) groups excluding carboxylic acids is 2. The molecule has 0 aromatic heterocycles. The van der Waals surface area contributed by atoms with Gasteiger partial charge in [0.1, 0.15) is 6.61 Å². The molecule has 3 aliphatic carbocycles. The summed E-state index contributed by atoms with van der Waals surface area (Å²) in [6, 6.07) is 15.8. The van der Waals surface area contributed by atoms with Gasteiger partial charge in [-0.2, -0.15) is 0 Å². The molecule has 174 valence electrons. The minimum Gasteiger partial charge on any atom is -0.481 e. The van der Waals surface area contributed by atoms with E-state index in [1.165, 1.54) is 11.1 Å². The van der Waals surface area contributed by atoms with Crippen LogP contribution < -0.4 is 10.6 Å². The summed E-state index contributed by atoms with van der Waals surface area (Å²) in [5.74, 6) is -2.01. The average Bonchev–Trinajstić information content (AvgIpc) is 3.56. The lowest BCUT2D eigenvalue weighted by molar-refractivity contribution is -0.140. The topological polar surface area (TPSA) is 105 Å². The summed E-state index contributed by atoms with van der Waals surface area (Å²) in [4.78, 5) is 36.1. The maximum Gasteiger partial charge on any atom is 0.407 e. The van der Waals surface area contributed by atoms with Crippen molar-refractivity contribution in [3.05, 3.63) is 84.0 Å². The van der Waals surface area contributed by atoms with Crippen LogP contribution in [0.5, 0.6) is 0 Å². The van der Waals surface area contributed by atoms with Gasteiger partial charge < -0.3 is 20.5 Å². The Hall–Kier alpha value is -3.87. The number of hydrogen-bond donors (Lipinski definition) is 3. The number of aliphatic carboxylic acids is 1. The van der Waals surface area contributed by atoms with Gasteiger partial charge in [-0.25, -0.2) is 4.79 Å². The number of nitrogens with one attached hydrogen (secondary N) is 2. The number of fused-ring (bicyclic) bond motifs is 3. The van der Waals surface area contributed by atoms with E-state index in [1.54, 1.807) is 24.3 Å². The van der Waals surface area contributed by atoms with Gasteiger partial charge >= 0.3 is 12.1 Å². The molecule has 0 saturated carbocycles. The molecule has 5 rings (SSSR count). The number of benzene rings is 2. The van der Waals surface area contributed by atoms with E-state index in [0.29, 0.717) is 12.8 Å². The molecule has 0 heterocycles. The third kappa shape index (κ3) is 4.33. The SMILES string of the molecule is O=C(NC1C=CC(C(=O)NC2C=CC(C(=O)O)C2)C1)OCC1c2ccccc2-c2ccccc21. The fraction of sp³-hybridized carbons (Fsp3) is 0.296. The number of alkyl carbamates (subject to hydrolysis) is 1. The molecule has 0 radical (unpaired) electrons. The summed E-state index contributed by atoms with van der Waals surface area (Å²) in [6.45, 7) is 0.235. The Morgan fingerprint density at radius 1 is 0.794 bits per heavy atom. The van der Waals surface area contributed by atoms with Crippen LogP contribution in [0.4, 0.5) is 4.79 Å². The molecule has 0 saturated heterocycles. The first kappa shape index (κ1) is 21.9. The largest absolute Gasteiger partial charge is 0.481 e. The number of ether oxygens (including phenoxy) is 1. The molecule has 4 unspecified atom stereocenters. The summed E-state index contributed by atoms with van der Waals surface area (Å²) in [6.07, 6.45) is 7.20. The fourth-order valence-electron chi connectivity index (χ4n) is 5.07. The Morgan fingerprint density at radius 2 is 1.35 bits per heavy atom. The second-order valence-electron chi connectivity index (χ2n) is 8.98. The molecule has 2 aromatic rings. The van der Waals surface area contributed by atoms with E-state index in [1.807, 2.05) is 24.3 Å². The first-order valence-electron chi connectivity index (χ1n) is 11.5. The Kier molecular flexibility index (Phi) is 5.92. The Labute approximate surface area is 197 Å². The third-order valence-electron chi connectivity index (χ3n) is 6.80. The van der Waals surface area contributed by atoms with Gasteiger partial charge in [0, 0.05) is 12.0 Å². The zero-order valence-corrected chi connectivity index (χ0v) is 18.5. The van der Waals surface area contributed by atoms with Crippen molar-refractivity contribution in [2.45, 2.75) is 30.8 Å². The van der Waals surface area contributed by atoms with E-state index in [2.05, 4.69) is 34.9 Å². The lowest BCUT2D eigenvalue weighted by Gasteiger charge is -2.18. The second kappa shape index (κ2) is 9.17.